The maximum atomic E-state index is 13.4. The Morgan fingerprint density at radius 3 is 1.71 bits per heavy atom. The second kappa shape index (κ2) is 4.47. The third-order valence-corrected chi connectivity index (χ3v) is 4.13. The highest BCUT2D eigenvalue weighted by atomic mass is 19.3. The number of hydrogen-bond donors (Lipinski definition) is 1. The van der Waals surface area contributed by atoms with Crippen molar-refractivity contribution in [2.45, 2.75) is 64.5 Å². The van der Waals surface area contributed by atoms with Crippen LogP contribution in [0.5, 0.6) is 0 Å². The largest absolute Gasteiger partial charge is 0.384 e. The molecule has 0 unspecified atom stereocenters. The van der Waals surface area contributed by atoms with E-state index in [0.29, 0.717) is 12.8 Å². The molecular weight excluding hydrogens is 224 g/mol. The molecule has 102 valence electrons. The summed E-state index contributed by atoms with van der Waals surface area (Å²) in [6.07, 6.45) is 1.27. The zero-order valence-electron chi connectivity index (χ0n) is 11.6. The van der Waals surface area contributed by atoms with Crippen molar-refractivity contribution in [3.63, 3.8) is 0 Å². The van der Waals surface area contributed by atoms with Gasteiger partial charge in [-0.05, 0) is 59.5 Å². The van der Waals surface area contributed by atoms with Gasteiger partial charge in [-0.1, -0.05) is 0 Å². The predicted octanol–water partition coefficient (Wildman–Crippen LogP) is 2.90. The number of likely N-dealkylation sites (tertiary alicyclic amines) is 1. The highest BCUT2D eigenvalue weighted by Gasteiger charge is 2.50. The molecule has 1 saturated heterocycles. The summed E-state index contributed by atoms with van der Waals surface area (Å²) in [4.78, 5) is 2.29. The van der Waals surface area contributed by atoms with E-state index in [4.69, 9.17) is 0 Å². The van der Waals surface area contributed by atoms with Gasteiger partial charge >= 0.3 is 0 Å². The Balaban J connectivity index is 2.64. The zero-order chi connectivity index (χ0) is 13.5. The van der Waals surface area contributed by atoms with Gasteiger partial charge in [-0.25, -0.2) is 8.78 Å². The molecule has 0 aliphatic carbocycles. The van der Waals surface area contributed by atoms with Crippen LogP contribution in [0.1, 0.15) is 47.5 Å². The molecule has 0 spiro atoms. The average Bonchev–Trinajstić information content (AvgIpc) is 2.15. The van der Waals surface area contributed by atoms with Crippen LogP contribution < -0.4 is 0 Å². The molecule has 1 N–H and O–H groups in total. The van der Waals surface area contributed by atoms with Crippen LogP contribution >= 0.6 is 0 Å². The number of piperidine rings is 1. The van der Waals surface area contributed by atoms with Crippen LogP contribution in [0.15, 0.2) is 0 Å². The summed E-state index contributed by atoms with van der Waals surface area (Å²) in [5.41, 5.74) is -1.82. The summed E-state index contributed by atoms with van der Waals surface area (Å²) in [6, 6.07) is 0. The Kier molecular flexibility index (Phi) is 3.90. The van der Waals surface area contributed by atoms with E-state index in [1.54, 1.807) is 0 Å². The first-order chi connectivity index (χ1) is 7.46. The number of rotatable bonds is 2. The van der Waals surface area contributed by atoms with Gasteiger partial charge in [0.25, 0.3) is 5.92 Å². The standard InChI is InChI=1S/C13H25F2NO/c1-11(2,3)16-8-6-10(7-9-16)12(4,17)13(5,14)15/h10,17H,6-9H2,1-5H3/t12-/m0/s1. The summed E-state index contributed by atoms with van der Waals surface area (Å²) >= 11 is 0. The molecule has 0 aromatic carbocycles. The van der Waals surface area contributed by atoms with Gasteiger partial charge in [-0.3, -0.25) is 4.90 Å². The third kappa shape index (κ3) is 3.16. The predicted molar refractivity (Wildman–Crippen MR) is 65.3 cm³/mol. The quantitative estimate of drug-likeness (QED) is 0.813. The topological polar surface area (TPSA) is 23.5 Å². The molecule has 0 amide bonds. The number of nitrogens with zero attached hydrogens (tertiary/aromatic N) is 1. The molecule has 0 radical (unpaired) electrons. The van der Waals surface area contributed by atoms with Crippen LogP contribution in [0.2, 0.25) is 0 Å². The molecule has 1 heterocycles. The van der Waals surface area contributed by atoms with Crippen molar-refractivity contribution in [1.82, 2.24) is 4.90 Å². The monoisotopic (exact) mass is 249 g/mol. The molecular formula is C13H25F2NO. The maximum absolute atomic E-state index is 13.4. The van der Waals surface area contributed by atoms with Gasteiger partial charge in [0.2, 0.25) is 0 Å². The normalized spacial score (nSPS) is 24.7. The summed E-state index contributed by atoms with van der Waals surface area (Å²) in [5, 5.41) is 10.00. The highest BCUT2D eigenvalue weighted by molar-refractivity contribution is 4.95. The van der Waals surface area contributed by atoms with Crippen LogP contribution in [-0.4, -0.2) is 40.2 Å². The molecule has 0 aromatic rings. The second-order valence-corrected chi connectivity index (χ2v) is 6.47. The van der Waals surface area contributed by atoms with Crippen LogP contribution in [0.4, 0.5) is 8.78 Å². The first kappa shape index (κ1) is 14.8. The van der Waals surface area contributed by atoms with E-state index in [-0.39, 0.29) is 11.5 Å². The molecule has 1 atom stereocenters. The van der Waals surface area contributed by atoms with E-state index < -0.39 is 11.5 Å². The van der Waals surface area contributed by atoms with E-state index in [9.17, 15) is 13.9 Å². The van der Waals surface area contributed by atoms with E-state index in [0.717, 1.165) is 20.0 Å². The average molecular weight is 249 g/mol. The lowest BCUT2D eigenvalue weighted by Crippen LogP contribution is -2.55. The lowest BCUT2D eigenvalue weighted by Gasteiger charge is -2.45. The molecule has 1 aliphatic rings. The zero-order valence-corrected chi connectivity index (χ0v) is 11.6. The SMILES string of the molecule is CC(C)(C)N1CCC([C@](C)(O)C(C)(F)F)CC1. The minimum Gasteiger partial charge on any atom is -0.384 e. The summed E-state index contributed by atoms with van der Waals surface area (Å²) in [7, 11) is 0. The number of hydrogen-bond acceptors (Lipinski definition) is 2. The summed E-state index contributed by atoms with van der Waals surface area (Å²) < 4.78 is 26.7. The third-order valence-electron chi connectivity index (χ3n) is 4.13. The maximum Gasteiger partial charge on any atom is 0.273 e. The summed E-state index contributed by atoms with van der Waals surface area (Å²) in [5.74, 6) is -3.36. The molecule has 0 saturated carbocycles. The Hall–Kier alpha value is -0.220. The second-order valence-electron chi connectivity index (χ2n) is 6.47. The number of halogens is 2. The molecule has 17 heavy (non-hydrogen) atoms. The van der Waals surface area contributed by atoms with E-state index in [1.807, 2.05) is 0 Å². The van der Waals surface area contributed by atoms with Crippen molar-refractivity contribution in [2.24, 2.45) is 5.92 Å². The van der Waals surface area contributed by atoms with Crippen molar-refractivity contribution in [2.75, 3.05) is 13.1 Å². The molecule has 1 aliphatic heterocycles. The summed E-state index contributed by atoms with van der Waals surface area (Å²) in [6.45, 7) is 10.0. The lowest BCUT2D eigenvalue weighted by molar-refractivity contribution is -0.195. The fraction of sp³-hybridized carbons (Fsp3) is 1.00. The Morgan fingerprint density at radius 1 is 1.00 bits per heavy atom. The van der Waals surface area contributed by atoms with E-state index in [1.165, 1.54) is 6.92 Å². The van der Waals surface area contributed by atoms with Crippen molar-refractivity contribution in [3.8, 4) is 0 Å². The first-order valence-corrected chi connectivity index (χ1v) is 6.31. The fourth-order valence-electron chi connectivity index (χ4n) is 2.47. The van der Waals surface area contributed by atoms with Crippen molar-refractivity contribution >= 4 is 0 Å². The smallest absolute Gasteiger partial charge is 0.273 e. The van der Waals surface area contributed by atoms with Crippen LogP contribution in [-0.2, 0) is 0 Å². The van der Waals surface area contributed by atoms with Gasteiger partial charge in [0.1, 0.15) is 5.60 Å². The Labute approximate surface area is 103 Å². The van der Waals surface area contributed by atoms with Crippen LogP contribution in [0, 0.1) is 5.92 Å². The highest BCUT2D eigenvalue weighted by Crippen LogP contribution is 2.40. The van der Waals surface area contributed by atoms with E-state index in [2.05, 4.69) is 25.7 Å². The molecule has 2 nitrogen and oxygen atoms in total. The van der Waals surface area contributed by atoms with Crippen molar-refractivity contribution in [3.05, 3.63) is 0 Å². The first-order valence-electron chi connectivity index (χ1n) is 6.31. The minimum absolute atomic E-state index is 0.0750. The lowest BCUT2D eigenvalue weighted by atomic mass is 9.77. The van der Waals surface area contributed by atoms with Gasteiger partial charge in [0, 0.05) is 12.5 Å². The number of alkyl halides is 2. The Morgan fingerprint density at radius 2 is 1.41 bits per heavy atom. The van der Waals surface area contributed by atoms with Crippen LogP contribution in [0.25, 0.3) is 0 Å². The number of aliphatic hydroxyl groups is 1. The van der Waals surface area contributed by atoms with E-state index >= 15 is 0 Å². The van der Waals surface area contributed by atoms with Gasteiger partial charge in [-0.15, -0.1) is 0 Å². The molecule has 1 rings (SSSR count). The van der Waals surface area contributed by atoms with Gasteiger partial charge < -0.3 is 5.11 Å². The molecule has 0 aromatic heterocycles. The Bertz CT molecular complexity index is 258. The van der Waals surface area contributed by atoms with Crippen molar-refractivity contribution < 1.29 is 13.9 Å². The van der Waals surface area contributed by atoms with Crippen molar-refractivity contribution in [1.29, 1.82) is 0 Å². The van der Waals surface area contributed by atoms with Crippen LogP contribution in [0.3, 0.4) is 0 Å². The van der Waals surface area contributed by atoms with Gasteiger partial charge in [0.05, 0.1) is 0 Å². The minimum atomic E-state index is -3.04. The fourth-order valence-corrected chi connectivity index (χ4v) is 2.47. The molecule has 4 heteroatoms. The molecule has 1 fully saturated rings. The van der Waals surface area contributed by atoms with Gasteiger partial charge in [0.15, 0.2) is 0 Å². The van der Waals surface area contributed by atoms with Gasteiger partial charge in [-0.2, -0.15) is 0 Å². The molecule has 0 bridgehead atoms.